The summed E-state index contributed by atoms with van der Waals surface area (Å²) in [5.41, 5.74) is 3.29. The van der Waals surface area contributed by atoms with Gasteiger partial charge in [-0.05, 0) is 49.1 Å². The van der Waals surface area contributed by atoms with Crippen LogP contribution < -0.4 is 5.32 Å². The summed E-state index contributed by atoms with van der Waals surface area (Å²) in [7, 11) is 0. The van der Waals surface area contributed by atoms with Crippen LogP contribution in [-0.2, 0) is 0 Å². The summed E-state index contributed by atoms with van der Waals surface area (Å²) in [6, 6.07) is 14.9. The molecule has 2 heterocycles. The van der Waals surface area contributed by atoms with Crippen molar-refractivity contribution in [2.75, 3.05) is 11.9 Å². The van der Waals surface area contributed by atoms with Gasteiger partial charge in [0.1, 0.15) is 11.6 Å². The number of rotatable bonds is 5. The highest BCUT2D eigenvalue weighted by molar-refractivity contribution is 6.35. The third-order valence-corrected chi connectivity index (χ3v) is 7.78. The Hall–Kier alpha value is -2.92. The molecule has 2 bridgehead atoms. The largest absolute Gasteiger partial charge is 0.370 e. The Kier molecular flexibility index (Phi) is 5.30. The second-order valence-corrected chi connectivity index (χ2v) is 9.91. The van der Waals surface area contributed by atoms with Gasteiger partial charge in [0.25, 0.3) is 0 Å². The normalized spacial score (nSPS) is 22.1. The van der Waals surface area contributed by atoms with E-state index in [0.29, 0.717) is 27.7 Å². The highest BCUT2D eigenvalue weighted by Crippen LogP contribution is 2.45. The molecule has 168 valence electrons. The van der Waals surface area contributed by atoms with Gasteiger partial charge in [-0.1, -0.05) is 54.8 Å². The molecule has 3 fully saturated rings. The summed E-state index contributed by atoms with van der Waals surface area (Å²) >= 11 is 6.26. The lowest BCUT2D eigenvalue weighted by Crippen LogP contribution is -2.35. The van der Waals surface area contributed by atoms with Crippen molar-refractivity contribution in [1.82, 2.24) is 15.0 Å². The topological polar surface area (TPSA) is 53.6 Å². The van der Waals surface area contributed by atoms with E-state index in [1.54, 1.807) is 0 Å². The van der Waals surface area contributed by atoms with E-state index in [9.17, 15) is 4.39 Å². The van der Waals surface area contributed by atoms with Crippen molar-refractivity contribution >= 4 is 28.3 Å². The van der Waals surface area contributed by atoms with Gasteiger partial charge >= 0.3 is 0 Å². The van der Waals surface area contributed by atoms with Crippen LogP contribution in [0.1, 0.15) is 32.1 Å². The molecule has 2 aromatic heterocycles. The minimum Gasteiger partial charge on any atom is -0.370 e. The molecule has 4 nitrogen and oxygen atoms in total. The van der Waals surface area contributed by atoms with Gasteiger partial charge in [-0.2, -0.15) is 0 Å². The first-order chi connectivity index (χ1) is 16.1. The van der Waals surface area contributed by atoms with Crippen molar-refractivity contribution in [2.24, 2.45) is 17.8 Å². The van der Waals surface area contributed by atoms with Crippen molar-refractivity contribution in [1.29, 1.82) is 0 Å². The van der Waals surface area contributed by atoms with Crippen LogP contribution in [0, 0.1) is 23.6 Å². The molecule has 33 heavy (non-hydrogen) atoms. The molecule has 3 aliphatic carbocycles. The fraction of sp³-hybridized carbons (Fsp3) is 0.333. The Balaban J connectivity index is 1.38. The number of hydrogen-bond donors (Lipinski definition) is 2. The number of anilines is 1. The second-order valence-electron chi connectivity index (χ2n) is 9.50. The molecule has 1 atom stereocenters. The Morgan fingerprint density at radius 3 is 2.61 bits per heavy atom. The summed E-state index contributed by atoms with van der Waals surface area (Å²) in [6.07, 6.45) is 8.66. The van der Waals surface area contributed by atoms with Gasteiger partial charge in [-0.15, -0.1) is 0 Å². The van der Waals surface area contributed by atoms with E-state index in [-0.39, 0.29) is 5.82 Å². The first-order valence-electron chi connectivity index (χ1n) is 11.8. The van der Waals surface area contributed by atoms with Crippen molar-refractivity contribution in [3.63, 3.8) is 0 Å². The number of nitrogens with zero attached hydrogens (tertiary/aromatic N) is 2. The number of aromatic amines is 1. The summed E-state index contributed by atoms with van der Waals surface area (Å²) < 4.78 is 14.1. The fourth-order valence-electron chi connectivity index (χ4n) is 5.76. The number of aromatic nitrogens is 3. The third kappa shape index (κ3) is 3.99. The molecule has 0 spiro atoms. The van der Waals surface area contributed by atoms with Crippen LogP contribution in [0.2, 0.25) is 5.02 Å². The van der Waals surface area contributed by atoms with Crippen molar-refractivity contribution < 1.29 is 4.39 Å². The van der Waals surface area contributed by atoms with Gasteiger partial charge < -0.3 is 10.3 Å². The lowest BCUT2D eigenvalue weighted by Gasteiger charge is -2.42. The summed E-state index contributed by atoms with van der Waals surface area (Å²) in [6.45, 7) is 0.931. The zero-order valence-corrected chi connectivity index (χ0v) is 19.1. The van der Waals surface area contributed by atoms with Crippen LogP contribution in [0.25, 0.3) is 33.5 Å². The molecule has 0 aliphatic heterocycles. The standard InChI is InChI=1S/C27H26ClFN4/c28-23-12-20(29)11-21-22(15-31-26(21)23)27-32-24(18-4-2-1-3-5-18)13-25(33-27)30-14-19-10-16-6-8-17(19)9-7-16/h1-5,11-13,15-17,19,31H,6-10,14H2,(H,30,32,33)/t16?,17?,19-/m0/s1. The zero-order valence-electron chi connectivity index (χ0n) is 18.3. The highest BCUT2D eigenvalue weighted by Gasteiger charge is 2.35. The molecule has 0 saturated heterocycles. The van der Waals surface area contributed by atoms with Crippen molar-refractivity contribution in [3.8, 4) is 22.6 Å². The number of halogens is 2. The molecule has 6 heteroatoms. The van der Waals surface area contributed by atoms with Gasteiger partial charge in [0.15, 0.2) is 5.82 Å². The van der Waals surface area contributed by atoms with Gasteiger partial charge in [0.05, 0.1) is 16.2 Å². The smallest absolute Gasteiger partial charge is 0.164 e. The Morgan fingerprint density at radius 2 is 1.85 bits per heavy atom. The maximum absolute atomic E-state index is 14.1. The van der Waals surface area contributed by atoms with Gasteiger partial charge in [-0.3, -0.25) is 0 Å². The van der Waals surface area contributed by atoms with Crippen molar-refractivity contribution in [2.45, 2.75) is 32.1 Å². The zero-order chi connectivity index (χ0) is 22.4. The van der Waals surface area contributed by atoms with Gasteiger partial charge in [0.2, 0.25) is 0 Å². The van der Waals surface area contributed by atoms with Crippen molar-refractivity contribution in [3.05, 3.63) is 65.6 Å². The summed E-state index contributed by atoms with van der Waals surface area (Å²) in [4.78, 5) is 12.9. The van der Waals surface area contributed by atoms with Gasteiger partial charge in [-0.25, -0.2) is 14.4 Å². The summed E-state index contributed by atoms with van der Waals surface area (Å²) in [5, 5.41) is 4.65. The quantitative estimate of drug-likeness (QED) is 0.328. The van der Waals surface area contributed by atoms with E-state index in [2.05, 4.69) is 10.3 Å². The minimum atomic E-state index is -0.377. The van der Waals surface area contributed by atoms with E-state index in [4.69, 9.17) is 21.6 Å². The van der Waals surface area contributed by atoms with Crippen LogP contribution in [0.15, 0.2) is 54.7 Å². The lowest BCUT2D eigenvalue weighted by molar-refractivity contribution is 0.107. The number of fused-ring (bicyclic) bond motifs is 4. The maximum Gasteiger partial charge on any atom is 0.164 e. The maximum atomic E-state index is 14.1. The van der Waals surface area contributed by atoms with Crippen LogP contribution >= 0.6 is 11.6 Å². The molecular formula is C27H26ClFN4. The number of nitrogens with one attached hydrogen (secondary N) is 2. The van der Waals surface area contributed by atoms with E-state index >= 15 is 0 Å². The SMILES string of the molecule is Fc1cc(Cl)c2[nH]cc(-c3nc(NC[C@@H]4CC5CCC4CC5)cc(-c4ccccc4)n3)c2c1. The fourth-order valence-corrected chi connectivity index (χ4v) is 6.02. The van der Waals surface area contributed by atoms with E-state index in [0.717, 1.165) is 41.0 Å². The molecule has 0 unspecified atom stereocenters. The van der Waals surface area contributed by atoms with E-state index in [1.807, 2.05) is 42.6 Å². The first-order valence-corrected chi connectivity index (χ1v) is 12.2. The molecule has 4 aromatic rings. The Bertz CT molecular complexity index is 1290. The average molecular weight is 461 g/mol. The summed E-state index contributed by atoms with van der Waals surface area (Å²) in [5.74, 6) is 3.41. The third-order valence-electron chi connectivity index (χ3n) is 7.48. The Morgan fingerprint density at radius 1 is 1.03 bits per heavy atom. The van der Waals surface area contributed by atoms with E-state index in [1.165, 1.54) is 44.2 Å². The van der Waals surface area contributed by atoms with Crippen LogP contribution in [0.5, 0.6) is 0 Å². The molecule has 0 radical (unpaired) electrons. The molecular weight excluding hydrogens is 435 g/mol. The van der Waals surface area contributed by atoms with Crippen LogP contribution in [0.4, 0.5) is 10.2 Å². The molecule has 0 amide bonds. The number of hydrogen-bond acceptors (Lipinski definition) is 3. The minimum absolute atomic E-state index is 0.348. The highest BCUT2D eigenvalue weighted by atomic mass is 35.5. The molecule has 7 rings (SSSR count). The first kappa shape index (κ1) is 20.7. The number of benzene rings is 2. The molecule has 2 aromatic carbocycles. The molecule has 2 N–H and O–H groups in total. The molecule has 3 saturated carbocycles. The lowest BCUT2D eigenvalue weighted by atomic mass is 9.65. The average Bonchev–Trinajstić information content (AvgIpc) is 3.28. The van der Waals surface area contributed by atoms with Crippen LogP contribution in [0.3, 0.4) is 0 Å². The Labute approximate surface area is 197 Å². The molecule has 3 aliphatic rings. The predicted octanol–water partition coefficient (Wildman–Crippen LogP) is 7.32. The number of H-pyrrole nitrogens is 1. The van der Waals surface area contributed by atoms with Gasteiger partial charge in [0, 0.05) is 35.3 Å². The predicted molar refractivity (Wildman–Crippen MR) is 132 cm³/mol. The van der Waals surface area contributed by atoms with Crippen LogP contribution in [-0.4, -0.2) is 21.5 Å². The van der Waals surface area contributed by atoms with E-state index < -0.39 is 0 Å². The second kappa shape index (κ2) is 8.45. The monoisotopic (exact) mass is 460 g/mol.